The van der Waals surface area contributed by atoms with Crippen molar-refractivity contribution >= 4 is 11.8 Å². The number of hydrogen-bond acceptors (Lipinski definition) is 6. The van der Waals surface area contributed by atoms with Gasteiger partial charge < -0.3 is 15.0 Å². The average Bonchev–Trinajstić information content (AvgIpc) is 3.52. The van der Waals surface area contributed by atoms with Gasteiger partial charge in [0.1, 0.15) is 11.4 Å². The summed E-state index contributed by atoms with van der Waals surface area (Å²) in [5, 5.41) is 15.5. The lowest BCUT2D eigenvalue weighted by molar-refractivity contribution is -0.121. The van der Waals surface area contributed by atoms with Gasteiger partial charge in [-0.1, -0.05) is 32.0 Å². The minimum atomic E-state index is -1.11. The van der Waals surface area contributed by atoms with Gasteiger partial charge in [-0.15, -0.1) is 0 Å². The molecule has 2 fully saturated rings. The molecule has 0 spiro atoms. The largest absolute Gasteiger partial charge is 0.493 e. The molecule has 2 aliphatic heterocycles. The molecule has 2 amide bonds. The molecule has 0 bridgehead atoms. The molecule has 0 aliphatic carbocycles. The summed E-state index contributed by atoms with van der Waals surface area (Å²) in [6.45, 7) is 7.34. The number of ether oxygens (including phenoxy) is 1. The fourth-order valence-corrected chi connectivity index (χ4v) is 5.43. The van der Waals surface area contributed by atoms with Crippen molar-refractivity contribution in [3.63, 3.8) is 0 Å². The second kappa shape index (κ2) is 13.2. The van der Waals surface area contributed by atoms with E-state index in [9.17, 15) is 19.2 Å². The number of nitrogens with one attached hydrogen (secondary N) is 2. The van der Waals surface area contributed by atoms with Crippen LogP contribution in [-0.2, 0) is 4.79 Å². The monoisotopic (exact) mass is 534 g/mol. The molecule has 2 saturated heterocycles. The van der Waals surface area contributed by atoms with Gasteiger partial charge in [0.15, 0.2) is 0 Å². The van der Waals surface area contributed by atoms with Gasteiger partial charge in [-0.25, -0.2) is 4.39 Å². The number of rotatable bonds is 10. The molecule has 8 heteroatoms. The summed E-state index contributed by atoms with van der Waals surface area (Å²) in [5.74, 6) is 0.159. The number of halogens is 1. The van der Waals surface area contributed by atoms with Crippen LogP contribution in [0.2, 0.25) is 0 Å². The van der Waals surface area contributed by atoms with Crippen LogP contribution in [0.15, 0.2) is 42.5 Å². The summed E-state index contributed by atoms with van der Waals surface area (Å²) in [6, 6.07) is 14.2. The summed E-state index contributed by atoms with van der Waals surface area (Å²) in [5.41, 5.74) is 0.812. The lowest BCUT2D eigenvalue weighted by Gasteiger charge is -2.36. The Morgan fingerprint density at radius 1 is 1.13 bits per heavy atom. The van der Waals surface area contributed by atoms with E-state index >= 15 is 0 Å². The summed E-state index contributed by atoms with van der Waals surface area (Å²) in [6.07, 6.45) is 4.58. The fraction of sp³-hybridized carbons (Fsp3) is 0.516. The Bertz CT molecular complexity index is 1190. The molecule has 2 aromatic carbocycles. The standard InChI is InChI=1S/C31H39FN4O3/c1-3-31(32,4-2)21-36-16-13-22(14-17-36)20-39-24-11-12-25(23(18-24)19-33)26-8-5-6-9-27(26)29(37)35-30(38)28-10-7-15-34-28/h5-6,8-9,11-12,18,22,28,34H,3-4,7,10,13-17,20-21H2,1-2H3,(H,35,37,38)/t28-/m0/s1. The Morgan fingerprint density at radius 3 is 2.54 bits per heavy atom. The van der Waals surface area contributed by atoms with Crippen molar-refractivity contribution in [1.82, 2.24) is 15.5 Å². The third kappa shape index (κ3) is 7.23. The highest BCUT2D eigenvalue weighted by molar-refractivity contribution is 6.09. The predicted octanol–water partition coefficient (Wildman–Crippen LogP) is 4.85. The Labute approximate surface area is 230 Å². The molecule has 7 nitrogen and oxygen atoms in total. The molecule has 0 radical (unpaired) electrons. The van der Waals surface area contributed by atoms with Crippen LogP contribution < -0.4 is 15.4 Å². The molecule has 0 aromatic heterocycles. The van der Waals surface area contributed by atoms with Crippen molar-refractivity contribution in [1.29, 1.82) is 5.26 Å². The van der Waals surface area contributed by atoms with Crippen molar-refractivity contribution in [2.75, 3.05) is 32.8 Å². The quantitative estimate of drug-likeness (QED) is 0.423. The first-order chi connectivity index (χ1) is 18.9. The fourth-order valence-electron chi connectivity index (χ4n) is 5.43. The van der Waals surface area contributed by atoms with Gasteiger partial charge in [0.25, 0.3) is 5.91 Å². The van der Waals surface area contributed by atoms with Gasteiger partial charge in [-0.2, -0.15) is 5.26 Å². The SMILES string of the molecule is CCC(F)(CC)CN1CCC(COc2ccc(-c3ccccc3C(=O)NC(=O)[C@@H]3CCCN3)c(C#N)c2)CC1. The molecule has 4 rings (SSSR count). The van der Waals surface area contributed by atoms with Crippen molar-refractivity contribution in [3.8, 4) is 22.9 Å². The van der Waals surface area contributed by atoms with Crippen LogP contribution in [0.3, 0.4) is 0 Å². The summed E-state index contributed by atoms with van der Waals surface area (Å²) in [7, 11) is 0. The predicted molar refractivity (Wildman–Crippen MR) is 149 cm³/mol. The molecule has 208 valence electrons. The van der Waals surface area contributed by atoms with E-state index in [-0.39, 0.29) is 11.9 Å². The average molecular weight is 535 g/mol. The number of benzene rings is 2. The van der Waals surface area contributed by atoms with Crippen LogP contribution in [0.25, 0.3) is 11.1 Å². The van der Waals surface area contributed by atoms with E-state index in [1.807, 2.05) is 19.9 Å². The molecule has 1 atom stereocenters. The smallest absolute Gasteiger partial charge is 0.258 e. The molecule has 2 N–H and O–H groups in total. The van der Waals surface area contributed by atoms with Crippen LogP contribution in [0, 0.1) is 17.2 Å². The van der Waals surface area contributed by atoms with E-state index < -0.39 is 11.6 Å². The number of hydrogen-bond donors (Lipinski definition) is 2. The molecule has 2 aliphatic rings. The van der Waals surface area contributed by atoms with Crippen LogP contribution >= 0.6 is 0 Å². The maximum atomic E-state index is 14.8. The van der Waals surface area contributed by atoms with E-state index in [0.717, 1.165) is 38.9 Å². The number of carbonyl (C=O) groups is 2. The van der Waals surface area contributed by atoms with E-state index in [1.165, 1.54) is 0 Å². The first-order valence-corrected chi connectivity index (χ1v) is 14.1. The maximum Gasteiger partial charge on any atom is 0.258 e. The van der Waals surface area contributed by atoms with Crippen molar-refractivity contribution < 1.29 is 18.7 Å². The van der Waals surface area contributed by atoms with E-state index in [1.54, 1.807) is 36.4 Å². The molecule has 0 saturated carbocycles. The molecule has 2 aromatic rings. The van der Waals surface area contributed by atoms with Gasteiger partial charge in [-0.3, -0.25) is 14.9 Å². The van der Waals surface area contributed by atoms with Gasteiger partial charge in [0, 0.05) is 17.7 Å². The second-order valence-corrected chi connectivity index (χ2v) is 10.7. The lowest BCUT2D eigenvalue weighted by atomic mass is 9.94. The number of imide groups is 1. The summed E-state index contributed by atoms with van der Waals surface area (Å²) >= 11 is 0. The van der Waals surface area contributed by atoms with Crippen LogP contribution in [0.4, 0.5) is 4.39 Å². The first-order valence-electron chi connectivity index (χ1n) is 14.1. The minimum Gasteiger partial charge on any atom is -0.493 e. The zero-order chi connectivity index (χ0) is 27.8. The zero-order valence-corrected chi connectivity index (χ0v) is 23.0. The number of nitriles is 1. The van der Waals surface area contributed by atoms with E-state index in [4.69, 9.17) is 4.74 Å². The number of alkyl halides is 1. The number of nitrogens with zero attached hydrogens (tertiary/aromatic N) is 2. The third-order valence-electron chi connectivity index (χ3n) is 8.15. The van der Waals surface area contributed by atoms with Crippen LogP contribution in [0.5, 0.6) is 5.75 Å². The molecule has 0 unspecified atom stereocenters. The molecular weight excluding hydrogens is 495 g/mol. The highest BCUT2D eigenvalue weighted by atomic mass is 19.1. The Kier molecular flexibility index (Phi) is 9.71. The molecule has 2 heterocycles. The molecule has 39 heavy (non-hydrogen) atoms. The van der Waals surface area contributed by atoms with Gasteiger partial charge >= 0.3 is 0 Å². The Balaban J connectivity index is 1.38. The summed E-state index contributed by atoms with van der Waals surface area (Å²) in [4.78, 5) is 27.7. The highest BCUT2D eigenvalue weighted by Crippen LogP contribution is 2.31. The normalized spacial score (nSPS) is 18.5. The number of piperidine rings is 1. The van der Waals surface area contributed by atoms with Crippen molar-refractivity contribution in [2.24, 2.45) is 5.92 Å². The van der Waals surface area contributed by atoms with Gasteiger partial charge in [-0.05, 0) is 93.9 Å². The van der Waals surface area contributed by atoms with Crippen LogP contribution in [-0.4, -0.2) is 61.2 Å². The van der Waals surface area contributed by atoms with Crippen molar-refractivity contribution in [2.45, 2.75) is 64.1 Å². The molecular formula is C31H39FN4O3. The Hall–Kier alpha value is -3.28. The van der Waals surface area contributed by atoms with E-state index in [2.05, 4.69) is 21.6 Å². The number of carbonyl (C=O) groups excluding carboxylic acids is 2. The second-order valence-electron chi connectivity index (χ2n) is 10.7. The lowest BCUT2D eigenvalue weighted by Crippen LogP contribution is -2.44. The minimum absolute atomic E-state index is 0.331. The summed E-state index contributed by atoms with van der Waals surface area (Å²) < 4.78 is 20.9. The number of amides is 2. The van der Waals surface area contributed by atoms with Crippen LogP contribution in [0.1, 0.15) is 68.3 Å². The van der Waals surface area contributed by atoms with Gasteiger partial charge in [0.2, 0.25) is 5.91 Å². The Morgan fingerprint density at radius 2 is 1.87 bits per heavy atom. The zero-order valence-electron chi connectivity index (χ0n) is 23.0. The number of likely N-dealkylation sites (tertiary alicyclic amines) is 1. The van der Waals surface area contributed by atoms with Crippen molar-refractivity contribution in [3.05, 3.63) is 53.6 Å². The first kappa shape index (κ1) is 28.7. The third-order valence-corrected chi connectivity index (χ3v) is 8.15. The van der Waals surface area contributed by atoms with Gasteiger partial charge in [0.05, 0.1) is 24.3 Å². The maximum absolute atomic E-state index is 14.8. The topological polar surface area (TPSA) is 94.5 Å². The highest BCUT2D eigenvalue weighted by Gasteiger charge is 2.30. The van der Waals surface area contributed by atoms with E-state index in [0.29, 0.717) is 66.3 Å².